The number of sulfonamides is 1. The van der Waals surface area contributed by atoms with Crippen LogP contribution in [0.4, 0.5) is 0 Å². The fraction of sp³-hybridized carbons (Fsp3) is 0.333. The highest BCUT2D eigenvalue weighted by Gasteiger charge is 2.38. The van der Waals surface area contributed by atoms with Gasteiger partial charge in [-0.2, -0.15) is 4.31 Å². The van der Waals surface area contributed by atoms with E-state index in [2.05, 4.69) is 0 Å². The van der Waals surface area contributed by atoms with Crippen LogP contribution in [0.3, 0.4) is 0 Å². The van der Waals surface area contributed by atoms with Gasteiger partial charge in [0, 0.05) is 17.6 Å². The highest BCUT2D eigenvalue weighted by molar-refractivity contribution is 7.89. The van der Waals surface area contributed by atoms with Crippen molar-refractivity contribution in [2.75, 3.05) is 20.8 Å². The predicted octanol–water partition coefficient (Wildman–Crippen LogP) is 3.88. The van der Waals surface area contributed by atoms with Crippen LogP contribution in [-0.2, 0) is 10.0 Å². The lowest BCUT2D eigenvalue weighted by atomic mass is 10.1. The molecule has 1 saturated heterocycles. The Morgan fingerprint density at radius 3 is 2.56 bits per heavy atom. The molecule has 0 amide bonds. The molecule has 1 atom stereocenters. The monoisotopic (exact) mass is 381 g/mol. The highest BCUT2D eigenvalue weighted by Crippen LogP contribution is 2.41. The number of hydrogen-bond donors (Lipinski definition) is 0. The SMILES string of the molecule is COc1ccc(OC)c(S(=O)(=O)N2CCC[C@@H]2c2ccccc2Cl)c1. The van der Waals surface area contributed by atoms with E-state index in [4.69, 9.17) is 21.1 Å². The summed E-state index contributed by atoms with van der Waals surface area (Å²) in [5.74, 6) is 0.762. The first-order chi connectivity index (χ1) is 12.0. The minimum absolute atomic E-state index is 0.105. The van der Waals surface area contributed by atoms with Gasteiger partial charge in [0.25, 0.3) is 0 Å². The minimum Gasteiger partial charge on any atom is -0.497 e. The van der Waals surface area contributed by atoms with Crippen molar-refractivity contribution in [3.63, 3.8) is 0 Å². The minimum atomic E-state index is -3.76. The van der Waals surface area contributed by atoms with Gasteiger partial charge in [-0.3, -0.25) is 0 Å². The van der Waals surface area contributed by atoms with Crippen LogP contribution in [0, 0.1) is 0 Å². The summed E-state index contributed by atoms with van der Waals surface area (Å²) in [5.41, 5.74) is 0.826. The average molecular weight is 382 g/mol. The third-order valence-electron chi connectivity index (χ3n) is 4.43. The third kappa shape index (κ3) is 3.34. The molecule has 3 rings (SSSR count). The fourth-order valence-electron chi connectivity index (χ4n) is 3.20. The van der Waals surface area contributed by atoms with Gasteiger partial charge in [-0.25, -0.2) is 8.42 Å². The lowest BCUT2D eigenvalue weighted by molar-refractivity contribution is 0.376. The Balaban J connectivity index is 2.06. The standard InChI is InChI=1S/C18H20ClNO4S/c1-23-13-9-10-17(24-2)18(12-13)25(21,22)20-11-5-8-16(20)14-6-3-4-7-15(14)19/h3-4,6-7,9-10,12,16H,5,8,11H2,1-2H3/t16-/m1/s1. The van der Waals surface area contributed by atoms with Gasteiger partial charge in [0.2, 0.25) is 10.0 Å². The van der Waals surface area contributed by atoms with Crippen LogP contribution >= 0.6 is 11.6 Å². The van der Waals surface area contributed by atoms with Gasteiger partial charge >= 0.3 is 0 Å². The van der Waals surface area contributed by atoms with Crippen LogP contribution in [0.2, 0.25) is 5.02 Å². The number of benzene rings is 2. The van der Waals surface area contributed by atoms with E-state index in [0.717, 1.165) is 18.4 Å². The van der Waals surface area contributed by atoms with E-state index in [1.165, 1.54) is 24.6 Å². The first-order valence-electron chi connectivity index (χ1n) is 7.97. The van der Waals surface area contributed by atoms with Crippen LogP contribution < -0.4 is 9.47 Å². The second kappa shape index (κ2) is 7.23. The van der Waals surface area contributed by atoms with Crippen molar-refractivity contribution in [3.8, 4) is 11.5 Å². The van der Waals surface area contributed by atoms with Gasteiger partial charge in [-0.15, -0.1) is 0 Å². The van der Waals surface area contributed by atoms with E-state index >= 15 is 0 Å². The van der Waals surface area contributed by atoms with Crippen LogP contribution in [0.25, 0.3) is 0 Å². The Morgan fingerprint density at radius 1 is 1.12 bits per heavy atom. The van der Waals surface area contributed by atoms with E-state index in [1.54, 1.807) is 18.2 Å². The second-order valence-corrected chi connectivity index (χ2v) is 8.08. The molecule has 0 aromatic heterocycles. The van der Waals surface area contributed by atoms with E-state index < -0.39 is 10.0 Å². The van der Waals surface area contributed by atoms with Crippen molar-refractivity contribution in [1.29, 1.82) is 0 Å². The van der Waals surface area contributed by atoms with E-state index in [-0.39, 0.29) is 10.9 Å². The molecule has 7 heteroatoms. The Hall–Kier alpha value is -1.76. The van der Waals surface area contributed by atoms with Crippen molar-refractivity contribution in [2.24, 2.45) is 0 Å². The largest absolute Gasteiger partial charge is 0.497 e. The Labute approximate surface area is 153 Å². The smallest absolute Gasteiger partial charge is 0.247 e. The molecule has 2 aromatic rings. The second-order valence-electron chi connectivity index (χ2n) is 5.81. The molecule has 5 nitrogen and oxygen atoms in total. The molecule has 0 N–H and O–H groups in total. The summed E-state index contributed by atoms with van der Waals surface area (Å²) >= 11 is 6.31. The summed E-state index contributed by atoms with van der Waals surface area (Å²) in [5, 5.41) is 0.576. The summed E-state index contributed by atoms with van der Waals surface area (Å²) in [7, 11) is -0.803. The molecule has 1 heterocycles. The average Bonchev–Trinajstić information content (AvgIpc) is 3.12. The lowest BCUT2D eigenvalue weighted by Crippen LogP contribution is -2.31. The first-order valence-corrected chi connectivity index (χ1v) is 9.79. The first kappa shape index (κ1) is 18.0. The van der Waals surface area contributed by atoms with Crippen LogP contribution in [-0.4, -0.2) is 33.5 Å². The van der Waals surface area contributed by atoms with Crippen molar-refractivity contribution >= 4 is 21.6 Å². The number of ether oxygens (including phenoxy) is 2. The summed E-state index contributed by atoms with van der Waals surface area (Å²) < 4.78 is 38.6. The molecule has 1 aliphatic rings. The highest BCUT2D eigenvalue weighted by atomic mass is 35.5. The molecular weight excluding hydrogens is 362 g/mol. The van der Waals surface area contributed by atoms with Crippen LogP contribution in [0.1, 0.15) is 24.4 Å². The van der Waals surface area contributed by atoms with Crippen molar-refractivity contribution in [1.82, 2.24) is 4.31 Å². The maximum atomic E-state index is 13.3. The Morgan fingerprint density at radius 2 is 1.88 bits per heavy atom. The molecule has 0 spiro atoms. The maximum Gasteiger partial charge on any atom is 0.247 e. The normalized spacial score (nSPS) is 18.3. The number of hydrogen-bond acceptors (Lipinski definition) is 4. The number of nitrogens with zero attached hydrogens (tertiary/aromatic N) is 1. The lowest BCUT2D eigenvalue weighted by Gasteiger charge is -2.26. The summed E-state index contributed by atoms with van der Waals surface area (Å²) in [6.45, 7) is 0.443. The molecule has 25 heavy (non-hydrogen) atoms. The van der Waals surface area contributed by atoms with Gasteiger partial charge in [-0.1, -0.05) is 29.8 Å². The van der Waals surface area contributed by atoms with Crippen LogP contribution in [0.5, 0.6) is 11.5 Å². The van der Waals surface area contributed by atoms with E-state index in [0.29, 0.717) is 23.1 Å². The van der Waals surface area contributed by atoms with Gasteiger partial charge in [0.15, 0.2) is 0 Å². The van der Waals surface area contributed by atoms with Gasteiger partial charge in [0.05, 0.1) is 20.3 Å². The quantitative estimate of drug-likeness (QED) is 0.788. The molecule has 1 fully saturated rings. The molecule has 134 valence electrons. The zero-order chi connectivity index (χ0) is 18.0. The number of rotatable bonds is 5. The molecule has 0 radical (unpaired) electrons. The molecule has 0 unspecified atom stereocenters. The van der Waals surface area contributed by atoms with Gasteiger partial charge < -0.3 is 9.47 Å². The summed E-state index contributed by atoms with van der Waals surface area (Å²) in [6.07, 6.45) is 1.51. The summed E-state index contributed by atoms with van der Waals surface area (Å²) in [4.78, 5) is 0.105. The molecular formula is C18H20ClNO4S. The maximum absolute atomic E-state index is 13.3. The fourth-order valence-corrected chi connectivity index (χ4v) is 5.30. The number of halogens is 1. The topological polar surface area (TPSA) is 55.8 Å². The van der Waals surface area contributed by atoms with Crippen molar-refractivity contribution < 1.29 is 17.9 Å². The predicted molar refractivity (Wildman–Crippen MR) is 96.9 cm³/mol. The van der Waals surface area contributed by atoms with E-state index in [9.17, 15) is 8.42 Å². The zero-order valence-corrected chi connectivity index (χ0v) is 15.7. The summed E-state index contributed by atoms with van der Waals surface area (Å²) in [6, 6.07) is 11.9. The third-order valence-corrected chi connectivity index (χ3v) is 6.70. The molecule has 0 bridgehead atoms. The Bertz CT molecular complexity index is 869. The zero-order valence-electron chi connectivity index (χ0n) is 14.1. The molecule has 0 saturated carbocycles. The van der Waals surface area contributed by atoms with Crippen LogP contribution in [0.15, 0.2) is 47.4 Å². The van der Waals surface area contributed by atoms with E-state index in [1.807, 2.05) is 18.2 Å². The Kier molecular flexibility index (Phi) is 5.22. The van der Waals surface area contributed by atoms with Gasteiger partial charge in [-0.05, 0) is 36.6 Å². The van der Waals surface area contributed by atoms with Crippen molar-refractivity contribution in [3.05, 3.63) is 53.1 Å². The van der Waals surface area contributed by atoms with Crippen molar-refractivity contribution in [2.45, 2.75) is 23.8 Å². The molecule has 2 aromatic carbocycles. The molecule has 1 aliphatic heterocycles. The van der Waals surface area contributed by atoms with Gasteiger partial charge in [0.1, 0.15) is 16.4 Å². The molecule has 0 aliphatic carbocycles. The number of methoxy groups -OCH3 is 2.